The molecule has 0 aliphatic rings. The van der Waals surface area contributed by atoms with E-state index in [2.05, 4.69) is 10.4 Å². The van der Waals surface area contributed by atoms with Crippen LogP contribution in [0.4, 0.5) is 5.69 Å². The van der Waals surface area contributed by atoms with Gasteiger partial charge in [0.25, 0.3) is 5.91 Å². The van der Waals surface area contributed by atoms with Crippen LogP contribution in [0.15, 0.2) is 36.5 Å². The summed E-state index contributed by atoms with van der Waals surface area (Å²) in [5, 5.41) is 7.11. The summed E-state index contributed by atoms with van der Waals surface area (Å²) in [4.78, 5) is 12.0. The van der Waals surface area contributed by atoms with Gasteiger partial charge in [-0.25, -0.2) is 4.68 Å². The van der Waals surface area contributed by atoms with Crippen LogP contribution in [0, 0.1) is 5.92 Å². The van der Waals surface area contributed by atoms with Crippen molar-refractivity contribution >= 4 is 11.6 Å². The van der Waals surface area contributed by atoms with Crippen LogP contribution in [-0.4, -0.2) is 35.9 Å². The molecule has 112 valence electrons. The van der Waals surface area contributed by atoms with Crippen molar-refractivity contribution in [3.63, 3.8) is 0 Å². The van der Waals surface area contributed by atoms with Gasteiger partial charge in [-0.2, -0.15) is 5.10 Å². The van der Waals surface area contributed by atoms with Gasteiger partial charge in [-0.15, -0.1) is 0 Å². The minimum Gasteiger partial charge on any atom is -0.399 e. The number of nitrogens with one attached hydrogen (secondary N) is 1. The molecule has 6 nitrogen and oxygen atoms in total. The number of rotatable bonds is 6. The zero-order chi connectivity index (χ0) is 15.2. The van der Waals surface area contributed by atoms with Crippen LogP contribution >= 0.6 is 0 Å². The maximum absolute atomic E-state index is 12.0. The molecular formula is C15H20N4O2. The quantitative estimate of drug-likeness (QED) is 0.789. The highest BCUT2D eigenvalue weighted by Gasteiger charge is 2.11. The summed E-state index contributed by atoms with van der Waals surface area (Å²) in [6, 6.07) is 8.98. The number of nitrogen functional groups attached to an aromatic ring is 1. The van der Waals surface area contributed by atoms with Crippen LogP contribution in [0.5, 0.6) is 0 Å². The summed E-state index contributed by atoms with van der Waals surface area (Å²) in [6.45, 7) is 3.18. The van der Waals surface area contributed by atoms with Gasteiger partial charge in [0.15, 0.2) is 5.69 Å². The zero-order valence-corrected chi connectivity index (χ0v) is 12.2. The number of anilines is 1. The van der Waals surface area contributed by atoms with Crippen LogP contribution in [0.1, 0.15) is 17.4 Å². The van der Waals surface area contributed by atoms with E-state index in [9.17, 15) is 4.79 Å². The van der Waals surface area contributed by atoms with Gasteiger partial charge < -0.3 is 15.8 Å². The van der Waals surface area contributed by atoms with E-state index >= 15 is 0 Å². The third kappa shape index (κ3) is 4.06. The van der Waals surface area contributed by atoms with Gasteiger partial charge >= 0.3 is 0 Å². The van der Waals surface area contributed by atoms with Crippen LogP contribution in [-0.2, 0) is 4.74 Å². The smallest absolute Gasteiger partial charge is 0.271 e. The van der Waals surface area contributed by atoms with E-state index < -0.39 is 0 Å². The van der Waals surface area contributed by atoms with Crippen molar-refractivity contribution in [3.8, 4) is 5.69 Å². The molecule has 21 heavy (non-hydrogen) atoms. The number of nitrogens with two attached hydrogens (primary N) is 1. The van der Waals surface area contributed by atoms with Gasteiger partial charge in [0.05, 0.1) is 12.3 Å². The molecule has 0 spiro atoms. The average molecular weight is 288 g/mol. The van der Waals surface area contributed by atoms with Crippen molar-refractivity contribution in [1.29, 1.82) is 0 Å². The van der Waals surface area contributed by atoms with Gasteiger partial charge in [0.1, 0.15) is 0 Å². The first kappa shape index (κ1) is 15.1. The molecule has 1 unspecified atom stereocenters. The van der Waals surface area contributed by atoms with E-state index in [1.165, 1.54) is 0 Å². The Labute approximate surface area is 123 Å². The van der Waals surface area contributed by atoms with Crippen molar-refractivity contribution in [1.82, 2.24) is 15.1 Å². The molecule has 2 aromatic rings. The molecule has 0 saturated carbocycles. The molecule has 2 rings (SSSR count). The second kappa shape index (κ2) is 6.90. The van der Waals surface area contributed by atoms with E-state index in [0.29, 0.717) is 24.5 Å². The van der Waals surface area contributed by atoms with Gasteiger partial charge in [0, 0.05) is 25.5 Å². The summed E-state index contributed by atoms with van der Waals surface area (Å²) < 4.78 is 6.68. The van der Waals surface area contributed by atoms with Crippen molar-refractivity contribution in [2.75, 3.05) is 26.0 Å². The molecule has 3 N–H and O–H groups in total. The normalized spacial score (nSPS) is 12.1. The van der Waals surface area contributed by atoms with Crippen molar-refractivity contribution < 1.29 is 9.53 Å². The number of aromatic nitrogens is 2. The Bertz CT molecular complexity index is 592. The second-order valence-corrected chi connectivity index (χ2v) is 5.01. The molecule has 0 aliphatic heterocycles. The van der Waals surface area contributed by atoms with Crippen LogP contribution in [0.25, 0.3) is 5.69 Å². The summed E-state index contributed by atoms with van der Waals surface area (Å²) >= 11 is 0. The SMILES string of the molecule is COCC(C)CNC(=O)c1ccn(-c2ccc(N)cc2)n1. The minimum atomic E-state index is -0.188. The lowest BCUT2D eigenvalue weighted by Gasteiger charge is -2.10. The molecule has 0 aliphatic carbocycles. The molecule has 0 radical (unpaired) electrons. The highest BCUT2D eigenvalue weighted by Crippen LogP contribution is 2.10. The predicted octanol–water partition coefficient (Wildman–Crippen LogP) is 1.47. The largest absolute Gasteiger partial charge is 0.399 e. The van der Waals surface area contributed by atoms with Gasteiger partial charge in [-0.3, -0.25) is 4.79 Å². The first-order chi connectivity index (χ1) is 10.1. The van der Waals surface area contributed by atoms with Crippen molar-refractivity contribution in [3.05, 3.63) is 42.2 Å². The fraction of sp³-hybridized carbons (Fsp3) is 0.333. The van der Waals surface area contributed by atoms with Gasteiger partial charge in [0.2, 0.25) is 0 Å². The van der Waals surface area contributed by atoms with E-state index in [1.54, 1.807) is 36.2 Å². The molecular weight excluding hydrogens is 268 g/mol. The topological polar surface area (TPSA) is 82.2 Å². The van der Waals surface area contributed by atoms with E-state index in [-0.39, 0.29) is 11.8 Å². The van der Waals surface area contributed by atoms with Crippen LogP contribution in [0.2, 0.25) is 0 Å². The standard InChI is InChI=1S/C15H20N4O2/c1-11(10-21-2)9-17-15(20)14-7-8-19(18-14)13-5-3-12(16)4-6-13/h3-8,11H,9-10,16H2,1-2H3,(H,17,20). The number of ether oxygens (including phenoxy) is 1. The molecule has 0 saturated heterocycles. The lowest BCUT2D eigenvalue weighted by atomic mass is 10.2. The lowest BCUT2D eigenvalue weighted by Crippen LogP contribution is -2.30. The first-order valence-corrected chi connectivity index (χ1v) is 6.79. The van der Waals surface area contributed by atoms with E-state index in [1.807, 2.05) is 19.1 Å². The van der Waals surface area contributed by atoms with E-state index in [4.69, 9.17) is 10.5 Å². The van der Waals surface area contributed by atoms with Gasteiger partial charge in [-0.05, 0) is 36.2 Å². The third-order valence-corrected chi connectivity index (χ3v) is 3.04. The molecule has 1 heterocycles. The summed E-state index contributed by atoms with van der Waals surface area (Å²) in [6.07, 6.45) is 1.75. The van der Waals surface area contributed by atoms with Gasteiger partial charge in [-0.1, -0.05) is 6.92 Å². The lowest BCUT2D eigenvalue weighted by molar-refractivity contribution is 0.0928. The predicted molar refractivity (Wildman–Crippen MR) is 81.3 cm³/mol. The molecule has 0 fully saturated rings. The summed E-state index contributed by atoms with van der Waals surface area (Å²) in [5.41, 5.74) is 7.58. The Hall–Kier alpha value is -2.34. The number of hydrogen-bond acceptors (Lipinski definition) is 4. The van der Waals surface area contributed by atoms with Crippen LogP contribution < -0.4 is 11.1 Å². The zero-order valence-electron chi connectivity index (χ0n) is 12.2. The first-order valence-electron chi connectivity index (χ1n) is 6.79. The number of amides is 1. The molecule has 6 heteroatoms. The van der Waals surface area contributed by atoms with E-state index in [0.717, 1.165) is 5.69 Å². The molecule has 1 amide bonds. The number of hydrogen-bond donors (Lipinski definition) is 2. The number of benzene rings is 1. The molecule has 1 aromatic heterocycles. The summed E-state index contributed by atoms with van der Waals surface area (Å²) in [5.74, 6) is 0.0743. The fourth-order valence-corrected chi connectivity index (χ4v) is 1.92. The Balaban J connectivity index is 1.99. The number of carbonyl (C=O) groups excluding carboxylic acids is 1. The Morgan fingerprint density at radius 1 is 1.38 bits per heavy atom. The highest BCUT2D eigenvalue weighted by atomic mass is 16.5. The van der Waals surface area contributed by atoms with Crippen molar-refractivity contribution in [2.24, 2.45) is 5.92 Å². The highest BCUT2D eigenvalue weighted by molar-refractivity contribution is 5.92. The second-order valence-electron chi connectivity index (χ2n) is 5.01. The van der Waals surface area contributed by atoms with Crippen LogP contribution in [0.3, 0.4) is 0 Å². The monoisotopic (exact) mass is 288 g/mol. The average Bonchev–Trinajstić information content (AvgIpc) is 2.96. The molecule has 0 bridgehead atoms. The molecule has 1 aromatic carbocycles. The summed E-state index contributed by atoms with van der Waals surface area (Å²) in [7, 11) is 1.65. The van der Waals surface area contributed by atoms with Crippen molar-refractivity contribution in [2.45, 2.75) is 6.92 Å². The number of carbonyl (C=O) groups is 1. The minimum absolute atomic E-state index is 0.188. The number of nitrogens with zero attached hydrogens (tertiary/aromatic N) is 2. The molecule has 1 atom stereocenters. The Morgan fingerprint density at radius 2 is 2.10 bits per heavy atom. The Morgan fingerprint density at radius 3 is 2.76 bits per heavy atom. The maximum Gasteiger partial charge on any atom is 0.271 e. The number of methoxy groups -OCH3 is 1. The maximum atomic E-state index is 12.0. The third-order valence-electron chi connectivity index (χ3n) is 3.04. The Kier molecular flexibility index (Phi) is 4.94. The fourth-order valence-electron chi connectivity index (χ4n) is 1.92.